The van der Waals surface area contributed by atoms with Gasteiger partial charge in [0.2, 0.25) is 5.89 Å². The Balaban J connectivity index is 1.61. The molecule has 7 nitrogen and oxygen atoms in total. The molecule has 3 heterocycles. The van der Waals surface area contributed by atoms with Gasteiger partial charge in [0.15, 0.2) is 5.82 Å². The summed E-state index contributed by atoms with van der Waals surface area (Å²) in [4.78, 5) is 27.3. The Bertz CT molecular complexity index is 944. The van der Waals surface area contributed by atoms with Crippen LogP contribution in [0.5, 0.6) is 0 Å². The molecule has 0 bridgehead atoms. The minimum absolute atomic E-state index is 0.0993. The van der Waals surface area contributed by atoms with Gasteiger partial charge >= 0.3 is 0 Å². The second-order valence-electron chi connectivity index (χ2n) is 7.23. The van der Waals surface area contributed by atoms with E-state index in [0.29, 0.717) is 29.8 Å². The van der Waals surface area contributed by atoms with Crippen LogP contribution in [0.4, 0.5) is 0 Å². The molecule has 1 fully saturated rings. The molecule has 2 aromatic heterocycles. The van der Waals surface area contributed by atoms with E-state index < -0.39 is 0 Å². The van der Waals surface area contributed by atoms with Gasteiger partial charge in [-0.15, -0.1) is 0 Å². The van der Waals surface area contributed by atoms with E-state index in [2.05, 4.69) is 20.1 Å². The SMILES string of the molecule is Cc1[nH]c(-c2ccccc2)nc1C(=O)N1CCC[C@@H]1c1nc(C(C)C)no1. The number of hydrogen-bond donors (Lipinski definition) is 1. The van der Waals surface area contributed by atoms with Crippen molar-refractivity contribution in [2.24, 2.45) is 0 Å². The molecule has 0 radical (unpaired) electrons. The van der Waals surface area contributed by atoms with E-state index in [1.165, 1.54) is 0 Å². The average Bonchev–Trinajstić information content (AvgIpc) is 3.40. The first-order valence-electron chi connectivity index (χ1n) is 9.31. The van der Waals surface area contributed by atoms with Crippen LogP contribution in [0.1, 0.15) is 66.5 Å². The van der Waals surface area contributed by atoms with Crippen LogP contribution in [0.15, 0.2) is 34.9 Å². The van der Waals surface area contributed by atoms with Crippen molar-refractivity contribution in [2.75, 3.05) is 6.54 Å². The molecule has 140 valence electrons. The lowest BCUT2D eigenvalue weighted by atomic mass is 10.2. The van der Waals surface area contributed by atoms with Gasteiger partial charge in [-0.05, 0) is 19.8 Å². The fourth-order valence-corrected chi connectivity index (χ4v) is 3.42. The molecule has 3 aromatic rings. The van der Waals surface area contributed by atoms with Gasteiger partial charge in [0.25, 0.3) is 5.91 Å². The molecule has 7 heteroatoms. The highest BCUT2D eigenvalue weighted by Crippen LogP contribution is 2.33. The number of aromatic amines is 1. The summed E-state index contributed by atoms with van der Waals surface area (Å²) in [5, 5.41) is 4.04. The van der Waals surface area contributed by atoms with Gasteiger partial charge < -0.3 is 14.4 Å². The molecule has 1 aliphatic heterocycles. The van der Waals surface area contributed by atoms with Crippen LogP contribution in [-0.4, -0.2) is 37.5 Å². The summed E-state index contributed by atoms with van der Waals surface area (Å²) in [6.07, 6.45) is 1.73. The number of H-pyrrole nitrogens is 1. The van der Waals surface area contributed by atoms with E-state index in [-0.39, 0.29) is 17.9 Å². The summed E-state index contributed by atoms with van der Waals surface area (Å²) in [5.74, 6) is 1.98. The van der Waals surface area contributed by atoms with Crippen molar-refractivity contribution in [1.29, 1.82) is 0 Å². The number of nitrogens with zero attached hydrogens (tertiary/aromatic N) is 4. The molecule has 0 aliphatic carbocycles. The molecule has 1 atom stereocenters. The Labute approximate surface area is 157 Å². The van der Waals surface area contributed by atoms with Crippen molar-refractivity contribution in [1.82, 2.24) is 25.0 Å². The number of aromatic nitrogens is 4. The fraction of sp³-hybridized carbons (Fsp3) is 0.400. The normalized spacial score (nSPS) is 17.0. The van der Waals surface area contributed by atoms with Crippen molar-refractivity contribution in [3.63, 3.8) is 0 Å². The number of carbonyl (C=O) groups is 1. The van der Waals surface area contributed by atoms with E-state index in [9.17, 15) is 4.79 Å². The molecular weight excluding hydrogens is 342 g/mol. The van der Waals surface area contributed by atoms with E-state index in [4.69, 9.17) is 4.52 Å². The molecule has 1 saturated heterocycles. The van der Waals surface area contributed by atoms with Gasteiger partial charge in [-0.3, -0.25) is 4.79 Å². The third kappa shape index (κ3) is 3.25. The Morgan fingerprint density at radius 3 is 2.74 bits per heavy atom. The van der Waals surface area contributed by atoms with Crippen molar-refractivity contribution < 1.29 is 9.32 Å². The van der Waals surface area contributed by atoms with E-state index in [1.807, 2.05) is 51.1 Å². The Morgan fingerprint density at radius 1 is 1.26 bits per heavy atom. The molecular formula is C20H23N5O2. The van der Waals surface area contributed by atoms with Gasteiger partial charge in [-0.2, -0.15) is 4.98 Å². The molecule has 1 aromatic carbocycles. The van der Waals surface area contributed by atoms with E-state index in [0.717, 1.165) is 24.1 Å². The maximum atomic E-state index is 13.2. The topological polar surface area (TPSA) is 87.9 Å². The number of likely N-dealkylation sites (tertiary alicyclic amines) is 1. The summed E-state index contributed by atoms with van der Waals surface area (Å²) in [7, 11) is 0. The number of carbonyl (C=O) groups excluding carboxylic acids is 1. The first-order valence-corrected chi connectivity index (χ1v) is 9.31. The maximum Gasteiger partial charge on any atom is 0.275 e. The Kier molecular flexibility index (Phi) is 4.51. The molecule has 1 N–H and O–H groups in total. The molecule has 1 amide bonds. The second-order valence-corrected chi connectivity index (χ2v) is 7.23. The summed E-state index contributed by atoms with van der Waals surface area (Å²) >= 11 is 0. The van der Waals surface area contributed by atoms with Gasteiger partial charge in [-0.25, -0.2) is 4.98 Å². The monoisotopic (exact) mass is 365 g/mol. The summed E-state index contributed by atoms with van der Waals surface area (Å²) < 4.78 is 5.45. The van der Waals surface area contributed by atoms with Crippen molar-refractivity contribution >= 4 is 5.91 Å². The van der Waals surface area contributed by atoms with Crippen molar-refractivity contribution in [3.05, 3.63) is 53.4 Å². The Hall–Kier alpha value is -2.96. The highest BCUT2D eigenvalue weighted by Gasteiger charge is 2.36. The van der Waals surface area contributed by atoms with Gasteiger partial charge in [0.1, 0.15) is 17.6 Å². The minimum Gasteiger partial charge on any atom is -0.341 e. The van der Waals surface area contributed by atoms with Crippen LogP contribution >= 0.6 is 0 Å². The number of benzene rings is 1. The number of imidazole rings is 1. The first kappa shape index (κ1) is 17.5. The van der Waals surface area contributed by atoms with Gasteiger partial charge in [-0.1, -0.05) is 49.3 Å². The Morgan fingerprint density at radius 2 is 2.04 bits per heavy atom. The lowest BCUT2D eigenvalue weighted by molar-refractivity contribution is 0.0704. The van der Waals surface area contributed by atoms with Crippen LogP contribution in [0.3, 0.4) is 0 Å². The van der Waals surface area contributed by atoms with E-state index >= 15 is 0 Å². The molecule has 4 rings (SSSR count). The molecule has 0 saturated carbocycles. The first-order chi connectivity index (χ1) is 13.0. The zero-order valence-corrected chi connectivity index (χ0v) is 15.8. The predicted octanol–water partition coefficient (Wildman–Crippen LogP) is 3.87. The highest BCUT2D eigenvalue weighted by atomic mass is 16.5. The largest absolute Gasteiger partial charge is 0.341 e. The number of nitrogens with one attached hydrogen (secondary N) is 1. The van der Waals surface area contributed by atoms with Crippen LogP contribution in [-0.2, 0) is 0 Å². The zero-order valence-electron chi connectivity index (χ0n) is 15.8. The lowest BCUT2D eigenvalue weighted by Crippen LogP contribution is -2.31. The quantitative estimate of drug-likeness (QED) is 0.758. The van der Waals surface area contributed by atoms with E-state index in [1.54, 1.807) is 4.90 Å². The number of rotatable bonds is 4. The number of aryl methyl sites for hydroxylation is 1. The molecule has 1 aliphatic rings. The summed E-state index contributed by atoms with van der Waals surface area (Å²) in [6.45, 7) is 6.58. The highest BCUT2D eigenvalue weighted by molar-refractivity contribution is 5.94. The van der Waals surface area contributed by atoms with Gasteiger partial charge in [0, 0.05) is 23.7 Å². The van der Waals surface area contributed by atoms with Crippen molar-refractivity contribution in [2.45, 2.75) is 45.6 Å². The van der Waals surface area contributed by atoms with Crippen LogP contribution in [0.2, 0.25) is 0 Å². The van der Waals surface area contributed by atoms with Crippen LogP contribution in [0, 0.1) is 6.92 Å². The average molecular weight is 365 g/mol. The zero-order chi connectivity index (χ0) is 19.0. The molecule has 27 heavy (non-hydrogen) atoms. The summed E-state index contributed by atoms with van der Waals surface area (Å²) in [5.41, 5.74) is 2.17. The predicted molar refractivity (Wildman–Crippen MR) is 100 cm³/mol. The van der Waals surface area contributed by atoms with Crippen molar-refractivity contribution in [3.8, 4) is 11.4 Å². The molecule has 0 spiro atoms. The number of hydrogen-bond acceptors (Lipinski definition) is 5. The summed E-state index contributed by atoms with van der Waals surface area (Å²) in [6, 6.07) is 9.61. The van der Waals surface area contributed by atoms with Gasteiger partial charge in [0.05, 0.1) is 0 Å². The number of amides is 1. The lowest BCUT2D eigenvalue weighted by Gasteiger charge is -2.21. The van der Waals surface area contributed by atoms with Crippen LogP contribution in [0.25, 0.3) is 11.4 Å². The maximum absolute atomic E-state index is 13.2. The second kappa shape index (κ2) is 6.98. The third-order valence-electron chi connectivity index (χ3n) is 4.91. The molecule has 0 unspecified atom stereocenters. The third-order valence-corrected chi connectivity index (χ3v) is 4.91. The minimum atomic E-state index is -0.186. The fourth-order valence-electron chi connectivity index (χ4n) is 3.42. The smallest absolute Gasteiger partial charge is 0.275 e. The standard InChI is InChI=1S/C20H23N5O2/c1-12(2)17-23-19(27-24-17)15-10-7-11-25(15)20(26)16-13(3)21-18(22-16)14-8-5-4-6-9-14/h4-6,8-9,12,15H,7,10-11H2,1-3H3,(H,21,22)/t15-/m1/s1. The van der Waals surface area contributed by atoms with Crippen LogP contribution < -0.4 is 0 Å².